The first-order valence-electron chi connectivity index (χ1n) is 8.37. The first-order valence-corrected chi connectivity index (χ1v) is 8.37. The second kappa shape index (κ2) is 7.47. The van der Waals surface area contributed by atoms with Gasteiger partial charge in [-0.05, 0) is 42.8 Å². The van der Waals surface area contributed by atoms with Crippen molar-refractivity contribution in [2.24, 2.45) is 0 Å². The number of hydrogen-bond donors (Lipinski definition) is 3. The van der Waals surface area contributed by atoms with E-state index in [1.54, 1.807) is 30.3 Å². The number of hydrogen-bond acceptors (Lipinski definition) is 5. The normalized spacial score (nSPS) is 18.1. The molecular formula is C19H16FN5O4. The van der Waals surface area contributed by atoms with Gasteiger partial charge in [-0.25, -0.2) is 19.4 Å². The second-order valence-corrected chi connectivity index (χ2v) is 6.30. The number of carbonyl (C=O) groups is 3. The molecule has 0 unspecified atom stereocenters. The number of carbonyl (C=O) groups excluding carboxylic acids is 3. The molecular weight excluding hydrogens is 381 g/mol. The number of imide groups is 1. The number of nitriles is 1. The van der Waals surface area contributed by atoms with Crippen molar-refractivity contribution in [3.8, 4) is 11.8 Å². The summed E-state index contributed by atoms with van der Waals surface area (Å²) < 4.78 is 18.3. The van der Waals surface area contributed by atoms with E-state index in [1.165, 1.54) is 20.1 Å². The first-order chi connectivity index (χ1) is 13.8. The van der Waals surface area contributed by atoms with E-state index in [4.69, 9.17) is 10.00 Å². The van der Waals surface area contributed by atoms with E-state index in [1.807, 2.05) is 0 Å². The van der Waals surface area contributed by atoms with Crippen LogP contribution >= 0.6 is 0 Å². The van der Waals surface area contributed by atoms with Gasteiger partial charge < -0.3 is 15.4 Å². The Morgan fingerprint density at radius 1 is 1.28 bits per heavy atom. The molecule has 1 fully saturated rings. The van der Waals surface area contributed by atoms with E-state index in [-0.39, 0.29) is 11.3 Å². The largest absolute Gasteiger partial charge is 0.497 e. The van der Waals surface area contributed by atoms with Crippen LogP contribution in [-0.2, 0) is 10.3 Å². The maximum atomic E-state index is 13.2. The Hall–Kier alpha value is -4.13. The first kappa shape index (κ1) is 19.6. The highest BCUT2D eigenvalue weighted by atomic mass is 19.1. The van der Waals surface area contributed by atoms with Gasteiger partial charge in [0.2, 0.25) is 0 Å². The van der Waals surface area contributed by atoms with Gasteiger partial charge in [0.1, 0.15) is 23.2 Å². The summed E-state index contributed by atoms with van der Waals surface area (Å²) in [6.07, 6.45) is 0. The lowest BCUT2D eigenvalue weighted by Crippen LogP contribution is -2.49. The highest BCUT2D eigenvalue weighted by molar-refractivity contribution is 6.08. The van der Waals surface area contributed by atoms with Gasteiger partial charge in [0, 0.05) is 0 Å². The monoisotopic (exact) mass is 397 g/mol. The van der Waals surface area contributed by atoms with Crippen molar-refractivity contribution in [3.63, 3.8) is 0 Å². The molecule has 0 bridgehead atoms. The van der Waals surface area contributed by atoms with E-state index in [0.717, 1.165) is 12.1 Å². The Morgan fingerprint density at radius 2 is 2.03 bits per heavy atom. The molecule has 1 aliphatic heterocycles. The van der Waals surface area contributed by atoms with Crippen molar-refractivity contribution in [1.29, 1.82) is 5.26 Å². The zero-order valence-electron chi connectivity index (χ0n) is 15.4. The van der Waals surface area contributed by atoms with Gasteiger partial charge in [0.15, 0.2) is 0 Å². The van der Waals surface area contributed by atoms with Crippen LogP contribution in [0.5, 0.6) is 5.75 Å². The molecule has 29 heavy (non-hydrogen) atoms. The van der Waals surface area contributed by atoms with Crippen molar-refractivity contribution in [2.75, 3.05) is 12.4 Å². The van der Waals surface area contributed by atoms with Crippen molar-refractivity contribution in [1.82, 2.24) is 15.8 Å². The quantitative estimate of drug-likeness (QED) is 0.683. The zero-order chi connectivity index (χ0) is 21.2. The Labute approximate surface area is 165 Å². The number of halogens is 1. The molecule has 5 amide bonds. The number of benzene rings is 2. The molecule has 2 aromatic rings. The molecule has 0 aromatic heterocycles. The number of methoxy groups -OCH3 is 1. The predicted octanol–water partition coefficient (Wildman–Crippen LogP) is 2.21. The minimum Gasteiger partial charge on any atom is -0.497 e. The summed E-state index contributed by atoms with van der Waals surface area (Å²) in [7, 11) is 1.47. The smallest absolute Gasteiger partial charge is 0.344 e. The fourth-order valence-corrected chi connectivity index (χ4v) is 2.84. The molecule has 2 aromatic carbocycles. The maximum absolute atomic E-state index is 13.2. The minimum absolute atomic E-state index is 0.0222. The van der Waals surface area contributed by atoms with Crippen LogP contribution < -0.4 is 20.8 Å². The molecule has 0 spiro atoms. The number of anilines is 1. The topological polar surface area (TPSA) is 124 Å². The van der Waals surface area contributed by atoms with E-state index in [9.17, 15) is 18.8 Å². The molecule has 10 heteroatoms. The second-order valence-electron chi connectivity index (χ2n) is 6.30. The van der Waals surface area contributed by atoms with Crippen LogP contribution in [0, 0.1) is 17.1 Å². The van der Waals surface area contributed by atoms with Gasteiger partial charge in [-0.3, -0.25) is 4.79 Å². The number of urea groups is 2. The molecule has 1 saturated heterocycles. The molecule has 9 nitrogen and oxygen atoms in total. The summed E-state index contributed by atoms with van der Waals surface area (Å²) in [6, 6.07) is 9.75. The maximum Gasteiger partial charge on any atom is 0.344 e. The lowest BCUT2D eigenvalue weighted by Gasteiger charge is -2.22. The van der Waals surface area contributed by atoms with Crippen molar-refractivity contribution < 1.29 is 23.5 Å². The molecule has 1 aliphatic rings. The van der Waals surface area contributed by atoms with Gasteiger partial charge in [0.05, 0.1) is 18.4 Å². The minimum atomic E-state index is -1.42. The number of nitrogens with zero attached hydrogens (tertiary/aromatic N) is 2. The standard InChI is InChI=1S/C19H16FN5O4/c1-19(12-4-3-5-14(9-12)29-2)16(26)25(18(28)23-19)24-17(27)22-15-7-6-13(20)8-11(15)10-21/h3-9H,1-2H3,(H,23,28)(H2,22,24,27)/t19-/m1/s1. The molecule has 0 saturated carbocycles. The molecule has 148 valence electrons. The fourth-order valence-electron chi connectivity index (χ4n) is 2.84. The zero-order valence-corrected chi connectivity index (χ0v) is 15.4. The molecule has 0 aliphatic carbocycles. The van der Waals surface area contributed by atoms with Crippen LogP contribution in [0.1, 0.15) is 18.1 Å². The predicted molar refractivity (Wildman–Crippen MR) is 99.0 cm³/mol. The SMILES string of the molecule is COc1cccc([C@@]2(C)NC(=O)N(NC(=O)Nc3ccc(F)cc3C#N)C2=O)c1. The van der Waals surface area contributed by atoms with E-state index < -0.39 is 29.3 Å². The Balaban J connectivity index is 1.78. The third-order valence-corrected chi connectivity index (χ3v) is 4.40. The Bertz CT molecular complexity index is 1050. The van der Waals surface area contributed by atoms with Crippen molar-refractivity contribution in [3.05, 3.63) is 59.4 Å². The van der Waals surface area contributed by atoms with Crippen LogP contribution in [0.15, 0.2) is 42.5 Å². The van der Waals surface area contributed by atoms with Crippen LogP contribution in [0.4, 0.5) is 19.7 Å². The number of nitrogens with one attached hydrogen (secondary N) is 3. The molecule has 1 heterocycles. The third-order valence-electron chi connectivity index (χ3n) is 4.40. The van der Waals surface area contributed by atoms with Gasteiger partial charge in [-0.15, -0.1) is 0 Å². The summed E-state index contributed by atoms with van der Waals surface area (Å²) in [4.78, 5) is 37.4. The Morgan fingerprint density at radius 3 is 2.72 bits per heavy atom. The van der Waals surface area contributed by atoms with E-state index in [2.05, 4.69) is 16.1 Å². The molecule has 1 atom stereocenters. The van der Waals surface area contributed by atoms with E-state index >= 15 is 0 Å². The van der Waals surface area contributed by atoms with Gasteiger partial charge in [-0.2, -0.15) is 10.3 Å². The lowest BCUT2D eigenvalue weighted by molar-refractivity contribution is -0.132. The molecule has 3 rings (SSSR count). The van der Waals surface area contributed by atoms with E-state index in [0.29, 0.717) is 16.3 Å². The summed E-state index contributed by atoms with van der Waals surface area (Å²) in [5, 5.41) is 14.4. The lowest BCUT2D eigenvalue weighted by atomic mass is 9.92. The Kier molecular flexibility index (Phi) is 5.06. The summed E-state index contributed by atoms with van der Waals surface area (Å²) in [5.41, 5.74) is 1.08. The number of rotatable bonds is 4. The van der Waals surface area contributed by atoms with Gasteiger partial charge >= 0.3 is 12.1 Å². The van der Waals surface area contributed by atoms with Crippen molar-refractivity contribution >= 4 is 23.7 Å². The summed E-state index contributed by atoms with van der Waals surface area (Å²) in [5.74, 6) is -0.864. The number of amides is 5. The average molecular weight is 397 g/mol. The average Bonchev–Trinajstić information content (AvgIpc) is 2.93. The van der Waals surface area contributed by atoms with Crippen LogP contribution in [0.2, 0.25) is 0 Å². The molecule has 0 radical (unpaired) electrons. The van der Waals surface area contributed by atoms with Gasteiger partial charge in [0.25, 0.3) is 5.91 Å². The van der Waals surface area contributed by atoms with Crippen LogP contribution in [-0.4, -0.2) is 30.1 Å². The van der Waals surface area contributed by atoms with Crippen LogP contribution in [0.25, 0.3) is 0 Å². The fraction of sp³-hybridized carbons (Fsp3) is 0.158. The van der Waals surface area contributed by atoms with Crippen LogP contribution in [0.3, 0.4) is 0 Å². The number of ether oxygens (including phenoxy) is 1. The third kappa shape index (κ3) is 3.66. The number of hydrazine groups is 1. The highest BCUT2D eigenvalue weighted by Crippen LogP contribution is 2.30. The highest BCUT2D eigenvalue weighted by Gasteiger charge is 2.50. The summed E-state index contributed by atoms with van der Waals surface area (Å²) in [6.45, 7) is 1.50. The van der Waals surface area contributed by atoms with Gasteiger partial charge in [-0.1, -0.05) is 12.1 Å². The summed E-state index contributed by atoms with van der Waals surface area (Å²) >= 11 is 0. The molecule has 3 N–H and O–H groups in total. The van der Waals surface area contributed by atoms with Crippen molar-refractivity contribution in [2.45, 2.75) is 12.5 Å².